The average molecular weight is 436 g/mol. The van der Waals surface area contributed by atoms with Crippen LogP contribution in [0.3, 0.4) is 0 Å². The third-order valence-electron chi connectivity index (χ3n) is 4.42. The Hall–Kier alpha value is -2.15. The van der Waals surface area contributed by atoms with Crippen LogP contribution in [0.15, 0.2) is 48.8 Å². The molecule has 1 aliphatic heterocycles. The van der Waals surface area contributed by atoms with Crippen LogP contribution in [0.2, 0.25) is 0 Å². The van der Waals surface area contributed by atoms with E-state index in [9.17, 15) is 0 Å². The van der Waals surface area contributed by atoms with Crippen LogP contribution in [0.5, 0.6) is 0 Å². The molecular weight excluding hydrogens is 419 g/mol. The van der Waals surface area contributed by atoms with Crippen molar-refractivity contribution in [3.63, 3.8) is 0 Å². The van der Waals surface area contributed by atoms with E-state index in [1.807, 2.05) is 12.1 Å². The van der Waals surface area contributed by atoms with Gasteiger partial charge in [-0.3, -0.25) is 4.98 Å². The SMILES string of the molecule is ClC(Cl)(Cl)c1nc(Nc2ccncc2)nc(-c2ccc(N3CCCC3)cc2)n1. The lowest BCUT2D eigenvalue weighted by molar-refractivity contribution is 0.931. The van der Waals surface area contributed by atoms with Gasteiger partial charge < -0.3 is 10.2 Å². The number of benzene rings is 1. The summed E-state index contributed by atoms with van der Waals surface area (Å²) >= 11 is 18.1. The van der Waals surface area contributed by atoms with Crippen LogP contribution in [0.1, 0.15) is 18.7 Å². The second-order valence-corrected chi connectivity index (χ2v) is 8.69. The number of hydrogen-bond acceptors (Lipinski definition) is 6. The van der Waals surface area contributed by atoms with E-state index in [-0.39, 0.29) is 5.82 Å². The third kappa shape index (κ3) is 4.46. The first-order valence-corrected chi connectivity index (χ1v) is 9.98. The third-order valence-corrected chi connectivity index (χ3v) is 4.93. The number of anilines is 3. The van der Waals surface area contributed by atoms with Gasteiger partial charge in [0.2, 0.25) is 9.74 Å². The number of nitrogens with one attached hydrogen (secondary N) is 1. The molecule has 1 fully saturated rings. The highest BCUT2D eigenvalue weighted by atomic mass is 35.6. The summed E-state index contributed by atoms with van der Waals surface area (Å²) in [7, 11) is 0. The van der Waals surface area contributed by atoms with Gasteiger partial charge in [-0.2, -0.15) is 9.97 Å². The van der Waals surface area contributed by atoms with Gasteiger partial charge in [0, 0.05) is 42.4 Å². The predicted molar refractivity (Wildman–Crippen MR) is 113 cm³/mol. The van der Waals surface area contributed by atoms with Gasteiger partial charge >= 0.3 is 0 Å². The van der Waals surface area contributed by atoms with Crippen molar-refractivity contribution in [1.29, 1.82) is 0 Å². The number of rotatable bonds is 4. The van der Waals surface area contributed by atoms with Gasteiger partial charge in [-0.25, -0.2) is 4.98 Å². The van der Waals surface area contributed by atoms with Crippen molar-refractivity contribution >= 4 is 52.1 Å². The normalized spacial score (nSPS) is 14.3. The zero-order valence-corrected chi connectivity index (χ0v) is 17.1. The summed E-state index contributed by atoms with van der Waals surface area (Å²) in [4.78, 5) is 19.5. The maximum absolute atomic E-state index is 6.04. The number of pyridine rings is 1. The maximum Gasteiger partial charge on any atom is 0.250 e. The topological polar surface area (TPSA) is 66.8 Å². The molecule has 4 rings (SSSR count). The summed E-state index contributed by atoms with van der Waals surface area (Å²) in [6.45, 7) is 2.17. The molecule has 1 N–H and O–H groups in total. The smallest absolute Gasteiger partial charge is 0.250 e. The molecule has 9 heteroatoms. The van der Waals surface area contributed by atoms with Crippen molar-refractivity contribution in [1.82, 2.24) is 19.9 Å². The fraction of sp³-hybridized carbons (Fsp3) is 0.263. The van der Waals surface area contributed by atoms with Gasteiger partial charge in [0.25, 0.3) is 0 Å². The molecular formula is C19H17Cl3N6. The molecule has 2 aromatic heterocycles. The van der Waals surface area contributed by atoms with E-state index in [1.165, 1.54) is 18.5 Å². The lowest BCUT2D eigenvalue weighted by Crippen LogP contribution is -2.17. The largest absolute Gasteiger partial charge is 0.372 e. The van der Waals surface area contributed by atoms with E-state index < -0.39 is 3.79 Å². The molecule has 0 saturated carbocycles. The first-order chi connectivity index (χ1) is 13.5. The molecule has 6 nitrogen and oxygen atoms in total. The highest BCUT2D eigenvalue weighted by molar-refractivity contribution is 6.66. The van der Waals surface area contributed by atoms with Crippen LogP contribution in [0.4, 0.5) is 17.3 Å². The Morgan fingerprint density at radius 1 is 0.857 bits per heavy atom. The van der Waals surface area contributed by atoms with E-state index in [0.717, 1.165) is 24.3 Å². The molecule has 28 heavy (non-hydrogen) atoms. The minimum absolute atomic E-state index is 0.0580. The van der Waals surface area contributed by atoms with Crippen LogP contribution in [0, 0.1) is 0 Å². The van der Waals surface area contributed by atoms with Gasteiger partial charge in [-0.15, -0.1) is 0 Å². The fourth-order valence-electron chi connectivity index (χ4n) is 3.05. The van der Waals surface area contributed by atoms with Gasteiger partial charge in [0.1, 0.15) is 0 Å². The van der Waals surface area contributed by atoms with Crippen LogP contribution >= 0.6 is 34.8 Å². The van der Waals surface area contributed by atoms with E-state index in [4.69, 9.17) is 34.8 Å². The molecule has 144 valence electrons. The van der Waals surface area contributed by atoms with E-state index in [2.05, 4.69) is 42.3 Å². The number of hydrogen-bond donors (Lipinski definition) is 1. The number of aromatic nitrogens is 4. The lowest BCUT2D eigenvalue weighted by Gasteiger charge is -2.18. The highest BCUT2D eigenvalue weighted by Crippen LogP contribution is 2.37. The number of nitrogens with zero attached hydrogens (tertiary/aromatic N) is 5. The Kier molecular flexibility index (Phi) is 5.53. The van der Waals surface area contributed by atoms with Crippen LogP contribution in [0.25, 0.3) is 11.4 Å². The monoisotopic (exact) mass is 434 g/mol. The highest BCUT2D eigenvalue weighted by Gasteiger charge is 2.28. The second-order valence-electron chi connectivity index (χ2n) is 6.41. The molecule has 0 unspecified atom stereocenters. The first-order valence-electron chi connectivity index (χ1n) is 8.85. The molecule has 1 saturated heterocycles. The Morgan fingerprint density at radius 2 is 1.54 bits per heavy atom. The Balaban J connectivity index is 1.68. The zero-order valence-electron chi connectivity index (χ0n) is 14.8. The van der Waals surface area contributed by atoms with Crippen LogP contribution in [-0.4, -0.2) is 33.0 Å². The zero-order chi connectivity index (χ0) is 19.6. The maximum atomic E-state index is 6.04. The molecule has 3 heterocycles. The van der Waals surface area contributed by atoms with Crippen LogP contribution < -0.4 is 10.2 Å². The quantitative estimate of drug-likeness (QED) is 0.575. The van der Waals surface area contributed by atoms with Crippen molar-refractivity contribution < 1.29 is 0 Å². The van der Waals surface area contributed by atoms with Crippen molar-refractivity contribution in [2.45, 2.75) is 16.6 Å². The van der Waals surface area contributed by atoms with Gasteiger partial charge in [0.15, 0.2) is 11.6 Å². The predicted octanol–water partition coefficient (Wildman–Crippen LogP) is 5.10. The molecule has 0 bridgehead atoms. The molecule has 0 amide bonds. The minimum Gasteiger partial charge on any atom is -0.372 e. The van der Waals surface area contributed by atoms with E-state index >= 15 is 0 Å². The Bertz CT molecular complexity index is 938. The van der Waals surface area contributed by atoms with Gasteiger partial charge in [-0.1, -0.05) is 34.8 Å². The summed E-state index contributed by atoms with van der Waals surface area (Å²) in [6.07, 6.45) is 5.78. The van der Waals surface area contributed by atoms with Crippen molar-refractivity contribution in [3.8, 4) is 11.4 Å². The standard InChI is InChI=1S/C19H17Cl3N6/c20-19(21,22)17-25-16(26-18(27-17)24-14-7-9-23-10-8-14)13-3-5-15(6-4-13)28-11-1-2-12-28/h3-10H,1-2,11-12H2,(H,23,24,25,26,27). The summed E-state index contributed by atoms with van der Waals surface area (Å²) in [6, 6.07) is 11.7. The average Bonchev–Trinajstić information content (AvgIpc) is 3.23. The lowest BCUT2D eigenvalue weighted by atomic mass is 10.2. The van der Waals surface area contributed by atoms with Gasteiger partial charge in [0.05, 0.1) is 0 Å². The molecule has 0 spiro atoms. The molecule has 3 aromatic rings. The van der Waals surface area contributed by atoms with Crippen molar-refractivity contribution in [3.05, 3.63) is 54.6 Å². The molecule has 0 radical (unpaired) electrons. The summed E-state index contributed by atoms with van der Waals surface area (Å²) < 4.78 is -1.76. The molecule has 1 aliphatic rings. The molecule has 1 aromatic carbocycles. The number of alkyl halides is 3. The molecule has 0 aliphatic carbocycles. The van der Waals surface area contributed by atoms with Gasteiger partial charge in [-0.05, 0) is 49.2 Å². The summed E-state index contributed by atoms with van der Waals surface area (Å²) in [5.41, 5.74) is 2.78. The first kappa shape index (κ1) is 19.2. The van der Waals surface area contributed by atoms with Crippen molar-refractivity contribution in [2.24, 2.45) is 0 Å². The summed E-state index contributed by atoms with van der Waals surface area (Å²) in [5, 5.41) is 3.10. The summed E-state index contributed by atoms with van der Waals surface area (Å²) in [5.74, 6) is 0.782. The Labute approximate surface area is 177 Å². The minimum atomic E-state index is -1.76. The Morgan fingerprint density at radius 3 is 2.18 bits per heavy atom. The second kappa shape index (κ2) is 8.07. The van der Waals surface area contributed by atoms with E-state index in [1.54, 1.807) is 24.5 Å². The van der Waals surface area contributed by atoms with Crippen molar-refractivity contribution in [2.75, 3.05) is 23.3 Å². The van der Waals surface area contributed by atoms with E-state index in [0.29, 0.717) is 11.8 Å². The molecule has 0 atom stereocenters. The fourth-order valence-corrected chi connectivity index (χ4v) is 3.30. The van der Waals surface area contributed by atoms with Crippen LogP contribution in [-0.2, 0) is 3.79 Å². The number of halogens is 3.